The SMILES string of the molecule is Cc1ccc(C2OCCCC2CO)cc1C. The Kier molecular flexibility index (Phi) is 3.62. The monoisotopic (exact) mass is 220 g/mol. The van der Waals surface area contributed by atoms with E-state index in [1.54, 1.807) is 0 Å². The molecule has 16 heavy (non-hydrogen) atoms. The predicted octanol–water partition coefficient (Wildman–Crippen LogP) is 2.76. The third-order valence-electron chi connectivity index (χ3n) is 3.54. The fraction of sp³-hybridized carbons (Fsp3) is 0.571. The second kappa shape index (κ2) is 4.98. The van der Waals surface area contributed by atoms with Crippen molar-refractivity contribution in [1.29, 1.82) is 0 Å². The van der Waals surface area contributed by atoms with Gasteiger partial charge in [0.05, 0.1) is 6.10 Å². The van der Waals surface area contributed by atoms with Gasteiger partial charge in [0, 0.05) is 19.1 Å². The van der Waals surface area contributed by atoms with Crippen LogP contribution in [0.2, 0.25) is 0 Å². The smallest absolute Gasteiger partial charge is 0.0875 e. The van der Waals surface area contributed by atoms with E-state index in [2.05, 4.69) is 32.0 Å². The number of aryl methyl sites for hydroxylation is 2. The Hall–Kier alpha value is -0.860. The van der Waals surface area contributed by atoms with Crippen LogP contribution >= 0.6 is 0 Å². The molecule has 1 aromatic rings. The van der Waals surface area contributed by atoms with Crippen molar-refractivity contribution in [3.8, 4) is 0 Å². The standard InChI is InChI=1S/C14H20O2/c1-10-5-6-12(8-11(10)2)14-13(9-15)4-3-7-16-14/h5-6,8,13-15H,3-4,7,9H2,1-2H3. The Bertz CT molecular complexity index is 360. The van der Waals surface area contributed by atoms with E-state index in [9.17, 15) is 5.11 Å². The van der Waals surface area contributed by atoms with Gasteiger partial charge in [-0.25, -0.2) is 0 Å². The van der Waals surface area contributed by atoms with Gasteiger partial charge in [-0.05, 0) is 43.4 Å². The molecule has 0 radical (unpaired) electrons. The summed E-state index contributed by atoms with van der Waals surface area (Å²) in [7, 11) is 0. The molecule has 0 amide bonds. The summed E-state index contributed by atoms with van der Waals surface area (Å²) in [5.74, 6) is 0.260. The number of ether oxygens (including phenoxy) is 1. The van der Waals surface area contributed by atoms with Crippen LogP contribution in [-0.2, 0) is 4.74 Å². The van der Waals surface area contributed by atoms with Crippen molar-refractivity contribution in [1.82, 2.24) is 0 Å². The van der Waals surface area contributed by atoms with Crippen LogP contribution < -0.4 is 0 Å². The van der Waals surface area contributed by atoms with Crippen LogP contribution in [0, 0.1) is 19.8 Å². The van der Waals surface area contributed by atoms with Crippen molar-refractivity contribution in [2.75, 3.05) is 13.2 Å². The average Bonchev–Trinajstić information content (AvgIpc) is 2.32. The number of rotatable bonds is 2. The largest absolute Gasteiger partial charge is 0.396 e. The predicted molar refractivity (Wildman–Crippen MR) is 64.4 cm³/mol. The van der Waals surface area contributed by atoms with Gasteiger partial charge in [0.2, 0.25) is 0 Å². The minimum absolute atomic E-state index is 0.0815. The molecule has 2 atom stereocenters. The van der Waals surface area contributed by atoms with Crippen molar-refractivity contribution in [2.45, 2.75) is 32.8 Å². The highest BCUT2D eigenvalue weighted by Gasteiger charge is 2.26. The Morgan fingerprint density at radius 1 is 1.31 bits per heavy atom. The second-order valence-electron chi connectivity index (χ2n) is 4.72. The van der Waals surface area contributed by atoms with E-state index in [0.717, 1.165) is 19.4 Å². The van der Waals surface area contributed by atoms with Gasteiger partial charge in [0.1, 0.15) is 0 Å². The normalized spacial score (nSPS) is 25.7. The average molecular weight is 220 g/mol. The molecule has 2 nitrogen and oxygen atoms in total. The summed E-state index contributed by atoms with van der Waals surface area (Å²) in [5.41, 5.74) is 3.81. The number of aliphatic hydroxyl groups is 1. The molecule has 1 saturated heterocycles. The van der Waals surface area contributed by atoms with Gasteiger partial charge in [0.25, 0.3) is 0 Å². The van der Waals surface area contributed by atoms with E-state index in [4.69, 9.17) is 4.74 Å². The Morgan fingerprint density at radius 2 is 2.12 bits per heavy atom. The zero-order valence-electron chi connectivity index (χ0n) is 10.1. The number of aliphatic hydroxyl groups excluding tert-OH is 1. The lowest BCUT2D eigenvalue weighted by molar-refractivity contribution is -0.0457. The number of hydrogen-bond donors (Lipinski definition) is 1. The first kappa shape index (κ1) is 11.6. The van der Waals surface area contributed by atoms with E-state index in [0.29, 0.717) is 0 Å². The fourth-order valence-corrected chi connectivity index (χ4v) is 2.34. The lowest BCUT2D eigenvalue weighted by atomic mass is 9.89. The van der Waals surface area contributed by atoms with Gasteiger partial charge in [-0.15, -0.1) is 0 Å². The van der Waals surface area contributed by atoms with Gasteiger partial charge in [-0.2, -0.15) is 0 Å². The zero-order valence-corrected chi connectivity index (χ0v) is 10.1. The van der Waals surface area contributed by atoms with Gasteiger partial charge < -0.3 is 9.84 Å². The van der Waals surface area contributed by atoms with E-state index in [1.807, 2.05) is 0 Å². The highest BCUT2D eigenvalue weighted by molar-refractivity contribution is 5.31. The number of benzene rings is 1. The van der Waals surface area contributed by atoms with Gasteiger partial charge >= 0.3 is 0 Å². The Morgan fingerprint density at radius 3 is 2.81 bits per heavy atom. The van der Waals surface area contributed by atoms with Crippen LogP contribution in [0.25, 0.3) is 0 Å². The lowest BCUT2D eigenvalue weighted by Crippen LogP contribution is -2.25. The molecular weight excluding hydrogens is 200 g/mol. The highest BCUT2D eigenvalue weighted by Crippen LogP contribution is 2.33. The topological polar surface area (TPSA) is 29.5 Å². The summed E-state index contributed by atoms with van der Waals surface area (Å²) in [5, 5.41) is 9.37. The minimum Gasteiger partial charge on any atom is -0.396 e. The Labute approximate surface area is 97.3 Å². The van der Waals surface area contributed by atoms with E-state index >= 15 is 0 Å². The fourth-order valence-electron chi connectivity index (χ4n) is 2.34. The van der Waals surface area contributed by atoms with E-state index in [-0.39, 0.29) is 18.6 Å². The van der Waals surface area contributed by atoms with Gasteiger partial charge in [0.15, 0.2) is 0 Å². The molecule has 2 heteroatoms. The molecule has 1 fully saturated rings. The molecule has 1 aliphatic rings. The zero-order chi connectivity index (χ0) is 11.5. The van der Waals surface area contributed by atoms with Gasteiger partial charge in [-0.1, -0.05) is 18.2 Å². The van der Waals surface area contributed by atoms with Crippen molar-refractivity contribution < 1.29 is 9.84 Å². The summed E-state index contributed by atoms with van der Waals surface area (Å²) in [4.78, 5) is 0. The number of hydrogen-bond acceptors (Lipinski definition) is 2. The van der Waals surface area contributed by atoms with Crippen molar-refractivity contribution in [3.05, 3.63) is 34.9 Å². The molecular formula is C14H20O2. The van der Waals surface area contributed by atoms with E-state index < -0.39 is 0 Å². The van der Waals surface area contributed by atoms with Crippen molar-refractivity contribution in [3.63, 3.8) is 0 Å². The van der Waals surface area contributed by atoms with Crippen LogP contribution in [0.15, 0.2) is 18.2 Å². The Balaban J connectivity index is 2.23. The maximum absolute atomic E-state index is 9.37. The van der Waals surface area contributed by atoms with Crippen LogP contribution in [0.4, 0.5) is 0 Å². The summed E-state index contributed by atoms with van der Waals surface area (Å²) >= 11 is 0. The van der Waals surface area contributed by atoms with Crippen LogP contribution in [-0.4, -0.2) is 18.3 Å². The molecule has 1 heterocycles. The molecule has 2 unspecified atom stereocenters. The minimum atomic E-state index is 0.0815. The summed E-state index contributed by atoms with van der Waals surface area (Å²) in [6.07, 6.45) is 2.21. The maximum atomic E-state index is 9.37. The quantitative estimate of drug-likeness (QED) is 0.830. The third kappa shape index (κ3) is 2.28. The molecule has 1 aliphatic heterocycles. The first-order valence-electron chi connectivity index (χ1n) is 6.02. The molecule has 0 bridgehead atoms. The first-order chi connectivity index (χ1) is 7.72. The molecule has 1 aromatic carbocycles. The lowest BCUT2D eigenvalue weighted by Gasteiger charge is -2.31. The summed E-state index contributed by atoms with van der Waals surface area (Å²) in [6, 6.07) is 6.45. The van der Waals surface area contributed by atoms with Crippen molar-refractivity contribution in [2.24, 2.45) is 5.92 Å². The molecule has 0 aliphatic carbocycles. The molecule has 1 N–H and O–H groups in total. The summed E-state index contributed by atoms with van der Waals surface area (Å²) in [6.45, 7) is 5.27. The molecule has 0 aromatic heterocycles. The van der Waals surface area contributed by atoms with Crippen molar-refractivity contribution >= 4 is 0 Å². The molecule has 88 valence electrons. The summed E-state index contributed by atoms with van der Waals surface area (Å²) < 4.78 is 5.80. The van der Waals surface area contributed by atoms with E-state index in [1.165, 1.54) is 16.7 Å². The van der Waals surface area contributed by atoms with Crippen LogP contribution in [0.5, 0.6) is 0 Å². The van der Waals surface area contributed by atoms with Crippen LogP contribution in [0.3, 0.4) is 0 Å². The molecule has 0 spiro atoms. The van der Waals surface area contributed by atoms with Gasteiger partial charge in [-0.3, -0.25) is 0 Å². The first-order valence-corrected chi connectivity index (χ1v) is 6.02. The molecule has 0 saturated carbocycles. The second-order valence-corrected chi connectivity index (χ2v) is 4.72. The molecule has 2 rings (SSSR count). The van der Waals surface area contributed by atoms with Crippen LogP contribution in [0.1, 0.15) is 35.6 Å². The third-order valence-corrected chi connectivity index (χ3v) is 3.54. The maximum Gasteiger partial charge on any atom is 0.0875 e. The highest BCUT2D eigenvalue weighted by atomic mass is 16.5.